The first kappa shape index (κ1) is 16.0. The van der Waals surface area contributed by atoms with E-state index in [2.05, 4.69) is 9.97 Å². The van der Waals surface area contributed by atoms with Gasteiger partial charge in [0, 0.05) is 19.0 Å². The number of para-hydroxylation sites is 2. The lowest BCUT2D eigenvalue weighted by Gasteiger charge is -2.37. The fourth-order valence-electron chi connectivity index (χ4n) is 3.99. The maximum absolute atomic E-state index is 12.9. The Bertz CT molecular complexity index is 1050. The van der Waals surface area contributed by atoms with Crippen molar-refractivity contribution in [3.05, 3.63) is 59.4 Å². The zero-order valence-electron chi connectivity index (χ0n) is 14.5. The number of fused-ring (bicyclic) bond motifs is 2. The summed E-state index contributed by atoms with van der Waals surface area (Å²) in [5.41, 5.74) is 4.43. The molecule has 0 atom stereocenters. The lowest BCUT2D eigenvalue weighted by atomic mass is 9.92. The molecule has 5 rings (SSSR count). The highest BCUT2D eigenvalue weighted by molar-refractivity contribution is 7.89. The highest BCUT2D eigenvalue weighted by Gasteiger charge is 2.39. The minimum absolute atomic E-state index is 0.134. The fourth-order valence-corrected chi connectivity index (χ4v) is 5.57. The molecule has 0 spiro atoms. The lowest BCUT2D eigenvalue weighted by molar-refractivity contribution is 0.257. The van der Waals surface area contributed by atoms with E-state index in [0.717, 1.165) is 36.1 Å². The zero-order valence-corrected chi connectivity index (χ0v) is 15.3. The molecule has 1 fully saturated rings. The van der Waals surface area contributed by atoms with E-state index in [1.54, 1.807) is 10.4 Å². The third kappa shape index (κ3) is 2.56. The number of aromatic nitrogens is 2. The lowest BCUT2D eigenvalue weighted by Crippen LogP contribution is -2.48. The number of nitrogens with zero attached hydrogens (tertiary/aromatic N) is 2. The monoisotopic (exact) mass is 367 g/mol. The van der Waals surface area contributed by atoms with E-state index in [-0.39, 0.29) is 5.92 Å². The normalized spacial score (nSPS) is 18.6. The quantitative estimate of drug-likeness (QED) is 0.773. The van der Waals surface area contributed by atoms with Gasteiger partial charge in [-0.2, -0.15) is 4.31 Å². The van der Waals surface area contributed by atoms with Gasteiger partial charge in [0.2, 0.25) is 10.0 Å². The number of aryl methyl sites for hydroxylation is 2. The molecular formula is C20H21N3O2S. The Labute approximate surface area is 153 Å². The van der Waals surface area contributed by atoms with Crippen LogP contribution in [0.2, 0.25) is 0 Å². The van der Waals surface area contributed by atoms with E-state index in [0.29, 0.717) is 18.0 Å². The van der Waals surface area contributed by atoms with Crippen LogP contribution in [0.1, 0.15) is 35.7 Å². The summed E-state index contributed by atoms with van der Waals surface area (Å²) >= 11 is 0. The van der Waals surface area contributed by atoms with Gasteiger partial charge in [0.1, 0.15) is 5.82 Å². The standard InChI is InChI=1S/C20H21N3O2S/c24-26(25,17-10-9-14-5-1-2-6-15(14)11-17)23-12-16(13-23)20-21-18-7-3-4-8-19(18)22-20/h3-4,7-11,16H,1-2,5-6,12-13H2,(H,21,22). The summed E-state index contributed by atoms with van der Waals surface area (Å²) in [5, 5.41) is 0. The molecule has 0 radical (unpaired) electrons. The fraction of sp³-hybridized carbons (Fsp3) is 0.350. The van der Waals surface area contributed by atoms with Crippen molar-refractivity contribution in [2.75, 3.05) is 13.1 Å². The topological polar surface area (TPSA) is 66.1 Å². The number of rotatable bonds is 3. The molecule has 0 saturated carbocycles. The summed E-state index contributed by atoms with van der Waals surface area (Å²) in [6, 6.07) is 13.5. The molecule has 0 bridgehead atoms. The minimum atomic E-state index is -3.42. The summed E-state index contributed by atoms with van der Waals surface area (Å²) in [6.45, 7) is 0.971. The molecule has 2 aliphatic rings. The van der Waals surface area contributed by atoms with Gasteiger partial charge in [-0.15, -0.1) is 0 Å². The maximum atomic E-state index is 12.9. The van der Waals surface area contributed by atoms with Gasteiger partial charge in [0.25, 0.3) is 0 Å². The second kappa shape index (κ2) is 5.93. The van der Waals surface area contributed by atoms with Crippen molar-refractivity contribution in [2.45, 2.75) is 36.5 Å². The predicted molar refractivity (Wildman–Crippen MR) is 101 cm³/mol. The molecule has 26 heavy (non-hydrogen) atoms. The van der Waals surface area contributed by atoms with Crippen LogP contribution in [-0.2, 0) is 22.9 Å². The third-order valence-electron chi connectivity index (χ3n) is 5.60. The van der Waals surface area contributed by atoms with Crippen LogP contribution >= 0.6 is 0 Å². The molecule has 1 saturated heterocycles. The van der Waals surface area contributed by atoms with E-state index < -0.39 is 10.0 Å². The van der Waals surface area contributed by atoms with Crippen LogP contribution < -0.4 is 0 Å². The first-order valence-electron chi connectivity index (χ1n) is 9.18. The van der Waals surface area contributed by atoms with Crippen molar-refractivity contribution in [1.82, 2.24) is 14.3 Å². The van der Waals surface area contributed by atoms with Gasteiger partial charge in [-0.3, -0.25) is 0 Å². The number of benzene rings is 2. The highest BCUT2D eigenvalue weighted by atomic mass is 32.2. The maximum Gasteiger partial charge on any atom is 0.243 e. The molecule has 5 nitrogen and oxygen atoms in total. The number of hydrogen-bond donors (Lipinski definition) is 1. The summed E-state index contributed by atoms with van der Waals surface area (Å²) in [4.78, 5) is 8.35. The Morgan fingerprint density at radius 1 is 1.00 bits per heavy atom. The van der Waals surface area contributed by atoms with Crippen molar-refractivity contribution in [3.8, 4) is 0 Å². The van der Waals surface area contributed by atoms with Crippen molar-refractivity contribution >= 4 is 21.1 Å². The third-order valence-corrected chi connectivity index (χ3v) is 7.43. The van der Waals surface area contributed by atoms with Gasteiger partial charge in [-0.25, -0.2) is 13.4 Å². The van der Waals surface area contributed by atoms with Gasteiger partial charge in [0.15, 0.2) is 0 Å². The molecule has 134 valence electrons. The van der Waals surface area contributed by atoms with E-state index in [1.807, 2.05) is 36.4 Å². The van der Waals surface area contributed by atoms with Gasteiger partial charge < -0.3 is 4.98 Å². The molecule has 2 heterocycles. The predicted octanol–water partition coefficient (Wildman–Crippen LogP) is 3.23. The molecule has 1 N–H and O–H groups in total. The van der Waals surface area contributed by atoms with Crippen LogP contribution in [0.4, 0.5) is 0 Å². The highest BCUT2D eigenvalue weighted by Crippen LogP contribution is 2.33. The number of hydrogen-bond acceptors (Lipinski definition) is 3. The van der Waals surface area contributed by atoms with Crippen LogP contribution in [-0.4, -0.2) is 35.8 Å². The molecule has 2 aromatic carbocycles. The summed E-state index contributed by atoms with van der Waals surface area (Å²) < 4.78 is 27.5. The first-order chi connectivity index (χ1) is 12.6. The van der Waals surface area contributed by atoms with Crippen LogP contribution in [0.15, 0.2) is 47.4 Å². The van der Waals surface area contributed by atoms with Crippen LogP contribution in [0.25, 0.3) is 11.0 Å². The summed E-state index contributed by atoms with van der Waals surface area (Å²) in [5.74, 6) is 1.01. The summed E-state index contributed by atoms with van der Waals surface area (Å²) in [7, 11) is -3.42. The smallest absolute Gasteiger partial charge is 0.243 e. The molecule has 1 aromatic heterocycles. The Kier molecular flexibility index (Phi) is 3.65. The average Bonchev–Trinajstić information content (AvgIpc) is 3.03. The molecular weight excluding hydrogens is 346 g/mol. The number of nitrogens with one attached hydrogen (secondary N) is 1. The molecule has 3 aromatic rings. The van der Waals surface area contributed by atoms with Gasteiger partial charge in [-0.05, 0) is 61.1 Å². The second-order valence-electron chi connectivity index (χ2n) is 7.30. The number of sulfonamides is 1. The van der Waals surface area contributed by atoms with E-state index in [4.69, 9.17) is 0 Å². The Morgan fingerprint density at radius 2 is 1.77 bits per heavy atom. The average molecular weight is 367 g/mol. The molecule has 6 heteroatoms. The van der Waals surface area contributed by atoms with Crippen molar-refractivity contribution < 1.29 is 8.42 Å². The minimum Gasteiger partial charge on any atom is -0.342 e. The zero-order chi connectivity index (χ0) is 17.7. The van der Waals surface area contributed by atoms with Crippen molar-refractivity contribution in [2.24, 2.45) is 0 Å². The van der Waals surface area contributed by atoms with Crippen LogP contribution in [0.5, 0.6) is 0 Å². The van der Waals surface area contributed by atoms with Gasteiger partial charge >= 0.3 is 0 Å². The van der Waals surface area contributed by atoms with E-state index in [9.17, 15) is 8.42 Å². The largest absolute Gasteiger partial charge is 0.342 e. The SMILES string of the molecule is O=S(=O)(c1ccc2c(c1)CCCC2)N1CC(c2nc3ccccc3[nH]2)C1. The number of aromatic amines is 1. The molecule has 0 amide bonds. The Balaban J connectivity index is 1.36. The Morgan fingerprint density at radius 3 is 2.58 bits per heavy atom. The summed E-state index contributed by atoms with van der Waals surface area (Å²) in [6.07, 6.45) is 4.40. The second-order valence-corrected chi connectivity index (χ2v) is 9.23. The number of imidazole rings is 1. The van der Waals surface area contributed by atoms with Crippen LogP contribution in [0, 0.1) is 0 Å². The Hall–Kier alpha value is -2.18. The van der Waals surface area contributed by atoms with E-state index in [1.165, 1.54) is 17.5 Å². The van der Waals surface area contributed by atoms with Gasteiger partial charge in [-0.1, -0.05) is 18.2 Å². The molecule has 1 aliphatic heterocycles. The van der Waals surface area contributed by atoms with Crippen molar-refractivity contribution in [3.63, 3.8) is 0 Å². The van der Waals surface area contributed by atoms with Gasteiger partial charge in [0.05, 0.1) is 15.9 Å². The van der Waals surface area contributed by atoms with Crippen LogP contribution in [0.3, 0.4) is 0 Å². The molecule has 1 aliphatic carbocycles. The van der Waals surface area contributed by atoms with Crippen molar-refractivity contribution in [1.29, 1.82) is 0 Å². The first-order valence-corrected chi connectivity index (χ1v) is 10.6. The number of H-pyrrole nitrogens is 1. The van der Waals surface area contributed by atoms with E-state index >= 15 is 0 Å². The molecule has 0 unspecified atom stereocenters.